The molecular formula is C19H19F3N4O4. The predicted octanol–water partition coefficient (Wildman–Crippen LogP) is 2.62. The van der Waals surface area contributed by atoms with Crippen LogP contribution in [0, 0.1) is 0 Å². The average molecular weight is 424 g/mol. The van der Waals surface area contributed by atoms with Crippen LogP contribution in [-0.4, -0.2) is 39.4 Å². The highest BCUT2D eigenvalue weighted by Crippen LogP contribution is 2.29. The van der Waals surface area contributed by atoms with Crippen molar-refractivity contribution in [2.24, 2.45) is 7.05 Å². The number of alkyl halides is 3. The Morgan fingerprint density at radius 1 is 1.23 bits per heavy atom. The van der Waals surface area contributed by atoms with Crippen LogP contribution in [0.4, 0.5) is 13.2 Å². The fourth-order valence-electron chi connectivity index (χ4n) is 3.18. The summed E-state index contributed by atoms with van der Waals surface area (Å²) in [5.41, 5.74) is 1.73. The van der Waals surface area contributed by atoms with Crippen LogP contribution in [-0.2, 0) is 23.0 Å². The first-order valence-corrected chi connectivity index (χ1v) is 8.85. The SMILES string of the molecule is COC(=O)C[C@@H](c1cnn(C)c1)c1c(Cc2ccc(OC(F)(F)F)cc2)[nH][nH]c1=O. The van der Waals surface area contributed by atoms with E-state index in [2.05, 4.69) is 20.0 Å². The summed E-state index contributed by atoms with van der Waals surface area (Å²) in [7, 11) is 2.97. The Morgan fingerprint density at radius 3 is 2.50 bits per heavy atom. The molecule has 0 fully saturated rings. The van der Waals surface area contributed by atoms with Crippen molar-refractivity contribution in [3.8, 4) is 5.75 Å². The number of rotatable bonds is 7. The number of carbonyl (C=O) groups is 1. The lowest BCUT2D eigenvalue weighted by atomic mass is 9.89. The van der Waals surface area contributed by atoms with E-state index in [-0.39, 0.29) is 18.6 Å². The highest BCUT2D eigenvalue weighted by atomic mass is 19.4. The molecule has 0 aliphatic rings. The van der Waals surface area contributed by atoms with Gasteiger partial charge in [0, 0.05) is 36.8 Å². The average Bonchev–Trinajstić information content (AvgIpc) is 3.26. The van der Waals surface area contributed by atoms with Crippen LogP contribution in [0.5, 0.6) is 5.75 Å². The molecule has 11 heteroatoms. The van der Waals surface area contributed by atoms with Gasteiger partial charge in [0.25, 0.3) is 5.56 Å². The maximum Gasteiger partial charge on any atom is 0.573 e. The summed E-state index contributed by atoms with van der Waals surface area (Å²) in [6.45, 7) is 0. The lowest BCUT2D eigenvalue weighted by molar-refractivity contribution is -0.274. The van der Waals surface area contributed by atoms with Crippen LogP contribution in [0.15, 0.2) is 41.5 Å². The van der Waals surface area contributed by atoms with Crippen molar-refractivity contribution in [1.82, 2.24) is 20.0 Å². The Bertz CT molecular complexity index is 1070. The number of aromatic nitrogens is 4. The molecule has 0 spiro atoms. The Kier molecular flexibility index (Phi) is 5.99. The van der Waals surface area contributed by atoms with Gasteiger partial charge in [0.1, 0.15) is 5.75 Å². The van der Waals surface area contributed by atoms with Gasteiger partial charge >= 0.3 is 12.3 Å². The number of aryl methyl sites for hydroxylation is 1. The van der Waals surface area contributed by atoms with Crippen LogP contribution >= 0.6 is 0 Å². The normalized spacial score (nSPS) is 12.6. The maximum absolute atomic E-state index is 12.5. The molecule has 1 atom stereocenters. The number of hydrogen-bond acceptors (Lipinski definition) is 5. The van der Waals surface area contributed by atoms with E-state index >= 15 is 0 Å². The van der Waals surface area contributed by atoms with Crippen LogP contribution in [0.3, 0.4) is 0 Å². The van der Waals surface area contributed by atoms with Gasteiger partial charge in [-0.25, -0.2) is 0 Å². The second-order valence-electron chi connectivity index (χ2n) is 6.62. The second-order valence-corrected chi connectivity index (χ2v) is 6.62. The third kappa shape index (κ3) is 5.10. The molecule has 2 aromatic heterocycles. The first-order chi connectivity index (χ1) is 14.2. The molecule has 8 nitrogen and oxygen atoms in total. The van der Waals surface area contributed by atoms with Gasteiger partial charge in [0.2, 0.25) is 0 Å². The molecule has 160 valence electrons. The van der Waals surface area contributed by atoms with E-state index in [9.17, 15) is 22.8 Å². The van der Waals surface area contributed by atoms with Crippen molar-refractivity contribution in [2.45, 2.75) is 25.1 Å². The summed E-state index contributed by atoms with van der Waals surface area (Å²) in [6, 6.07) is 5.33. The number of carbonyl (C=O) groups excluding carboxylic acids is 1. The molecule has 2 N–H and O–H groups in total. The number of nitrogens with one attached hydrogen (secondary N) is 2. The minimum atomic E-state index is -4.77. The van der Waals surface area contributed by atoms with Gasteiger partial charge in [-0.3, -0.25) is 19.4 Å². The number of esters is 1. The molecule has 1 aromatic carbocycles. The molecule has 0 unspecified atom stereocenters. The molecular weight excluding hydrogens is 405 g/mol. The van der Waals surface area contributed by atoms with Crippen molar-refractivity contribution in [3.63, 3.8) is 0 Å². The summed E-state index contributed by atoms with van der Waals surface area (Å²) >= 11 is 0. The van der Waals surface area contributed by atoms with Crippen molar-refractivity contribution in [3.05, 3.63) is 69.4 Å². The number of hydrogen-bond donors (Lipinski definition) is 2. The summed E-state index contributed by atoms with van der Waals surface area (Å²) in [5, 5.41) is 9.41. The summed E-state index contributed by atoms with van der Waals surface area (Å²) < 4.78 is 47.1. The third-order valence-corrected chi connectivity index (χ3v) is 4.51. The first kappa shape index (κ1) is 21.2. The molecule has 0 saturated carbocycles. The monoisotopic (exact) mass is 424 g/mol. The van der Waals surface area contributed by atoms with Crippen molar-refractivity contribution >= 4 is 5.97 Å². The molecule has 0 aliphatic carbocycles. The number of nitrogens with zero attached hydrogens (tertiary/aromatic N) is 2. The molecule has 0 aliphatic heterocycles. The van der Waals surface area contributed by atoms with Gasteiger partial charge in [-0.1, -0.05) is 12.1 Å². The lowest BCUT2D eigenvalue weighted by Crippen LogP contribution is -2.18. The Labute approximate surface area is 168 Å². The molecule has 2 heterocycles. The first-order valence-electron chi connectivity index (χ1n) is 8.85. The number of halogens is 3. The van der Waals surface area contributed by atoms with E-state index < -0.39 is 23.8 Å². The summed E-state index contributed by atoms with van der Waals surface area (Å²) in [5.74, 6) is -1.44. The summed E-state index contributed by atoms with van der Waals surface area (Å²) in [4.78, 5) is 24.5. The highest BCUT2D eigenvalue weighted by molar-refractivity contribution is 5.71. The van der Waals surface area contributed by atoms with E-state index in [4.69, 9.17) is 4.74 Å². The van der Waals surface area contributed by atoms with Crippen LogP contribution in [0.25, 0.3) is 0 Å². The number of benzene rings is 1. The van der Waals surface area contributed by atoms with E-state index in [1.54, 1.807) is 24.1 Å². The van der Waals surface area contributed by atoms with Gasteiger partial charge in [-0.2, -0.15) is 5.10 Å². The number of ether oxygens (including phenoxy) is 2. The minimum absolute atomic E-state index is 0.0749. The van der Waals surface area contributed by atoms with Crippen LogP contribution in [0.1, 0.15) is 34.7 Å². The van der Waals surface area contributed by atoms with Crippen LogP contribution < -0.4 is 10.3 Å². The number of aromatic amines is 2. The van der Waals surface area contributed by atoms with Crippen molar-refractivity contribution < 1.29 is 27.4 Å². The number of methoxy groups -OCH3 is 1. The fraction of sp³-hybridized carbons (Fsp3) is 0.316. The van der Waals surface area contributed by atoms with E-state index in [0.717, 1.165) is 0 Å². The van der Waals surface area contributed by atoms with E-state index in [1.165, 1.54) is 31.4 Å². The van der Waals surface area contributed by atoms with Gasteiger partial charge in [-0.15, -0.1) is 13.2 Å². The van der Waals surface area contributed by atoms with Crippen molar-refractivity contribution in [1.29, 1.82) is 0 Å². The van der Waals surface area contributed by atoms with Gasteiger partial charge in [-0.05, 0) is 23.3 Å². The molecule has 0 saturated heterocycles. The quantitative estimate of drug-likeness (QED) is 0.568. The molecule has 3 aromatic rings. The van der Waals surface area contributed by atoms with Gasteiger partial charge in [0.15, 0.2) is 0 Å². The second kappa shape index (κ2) is 8.47. The Hall–Kier alpha value is -3.50. The topological polar surface area (TPSA) is 102 Å². The smallest absolute Gasteiger partial charge is 0.469 e. The molecule has 0 bridgehead atoms. The summed E-state index contributed by atoms with van der Waals surface area (Å²) in [6.07, 6.45) is -1.36. The standard InChI is InChI=1S/C19H19F3N4O4/c1-26-10-12(9-23-26)14(8-16(27)29-2)17-15(24-25-18(17)28)7-11-3-5-13(6-4-11)30-19(20,21)22/h3-6,9-10,14H,7-8H2,1-2H3,(H2,24,25,28)/t14-/m0/s1. The highest BCUT2D eigenvalue weighted by Gasteiger charge is 2.31. The zero-order valence-corrected chi connectivity index (χ0v) is 16.1. The number of H-pyrrole nitrogens is 2. The largest absolute Gasteiger partial charge is 0.573 e. The zero-order chi connectivity index (χ0) is 21.9. The molecule has 0 radical (unpaired) electrons. The molecule has 3 rings (SSSR count). The van der Waals surface area contributed by atoms with Gasteiger partial charge < -0.3 is 14.6 Å². The predicted molar refractivity (Wildman–Crippen MR) is 99.0 cm³/mol. The Morgan fingerprint density at radius 2 is 1.93 bits per heavy atom. The molecule has 30 heavy (non-hydrogen) atoms. The van der Waals surface area contributed by atoms with Crippen molar-refractivity contribution in [2.75, 3.05) is 7.11 Å². The van der Waals surface area contributed by atoms with Crippen LogP contribution in [0.2, 0.25) is 0 Å². The van der Waals surface area contributed by atoms with E-state index in [1.807, 2.05) is 0 Å². The fourth-order valence-corrected chi connectivity index (χ4v) is 3.18. The minimum Gasteiger partial charge on any atom is -0.469 e. The third-order valence-electron chi connectivity index (χ3n) is 4.51. The zero-order valence-electron chi connectivity index (χ0n) is 16.1. The Balaban J connectivity index is 1.91. The molecule has 0 amide bonds. The van der Waals surface area contributed by atoms with Gasteiger partial charge in [0.05, 0.1) is 19.7 Å². The maximum atomic E-state index is 12.5. The van der Waals surface area contributed by atoms with E-state index in [0.29, 0.717) is 22.4 Å². The lowest BCUT2D eigenvalue weighted by Gasteiger charge is -2.14.